The molecule has 1 fully saturated rings. The molecule has 0 bridgehead atoms. The minimum atomic E-state index is -0.322. The van der Waals surface area contributed by atoms with E-state index in [1.165, 1.54) is 25.7 Å². The Morgan fingerprint density at radius 2 is 1.86 bits per heavy atom. The molecule has 1 aliphatic rings. The van der Waals surface area contributed by atoms with Gasteiger partial charge in [0, 0.05) is 18.0 Å². The number of rotatable bonds is 2. The van der Waals surface area contributed by atoms with Crippen molar-refractivity contribution in [3.63, 3.8) is 0 Å². The molecule has 1 saturated heterocycles. The molecule has 2 aromatic rings. The Balaban J connectivity index is 2.00. The van der Waals surface area contributed by atoms with Gasteiger partial charge >= 0.3 is 5.63 Å². The van der Waals surface area contributed by atoms with Crippen molar-refractivity contribution in [2.75, 3.05) is 13.1 Å². The summed E-state index contributed by atoms with van der Waals surface area (Å²) in [4.78, 5) is 14.1. The predicted octanol–water partition coefficient (Wildman–Crippen LogP) is 3.18. The van der Waals surface area contributed by atoms with E-state index < -0.39 is 0 Å². The van der Waals surface area contributed by atoms with Gasteiger partial charge in [-0.1, -0.05) is 12.8 Å². The van der Waals surface area contributed by atoms with Crippen LogP contribution in [0.3, 0.4) is 0 Å². The van der Waals surface area contributed by atoms with Gasteiger partial charge in [-0.25, -0.2) is 4.79 Å². The summed E-state index contributed by atoms with van der Waals surface area (Å²) in [5.74, 6) is 0.244. The van der Waals surface area contributed by atoms with Crippen molar-refractivity contribution in [2.45, 2.75) is 39.2 Å². The van der Waals surface area contributed by atoms with Gasteiger partial charge in [0.05, 0.1) is 0 Å². The summed E-state index contributed by atoms with van der Waals surface area (Å²) < 4.78 is 5.27. The zero-order valence-corrected chi connectivity index (χ0v) is 12.4. The van der Waals surface area contributed by atoms with Crippen LogP contribution in [-0.4, -0.2) is 23.1 Å². The second-order valence-corrected chi connectivity index (χ2v) is 5.92. The van der Waals surface area contributed by atoms with E-state index in [0.717, 1.165) is 36.1 Å². The van der Waals surface area contributed by atoms with E-state index in [4.69, 9.17) is 4.42 Å². The van der Waals surface area contributed by atoms with E-state index in [1.807, 2.05) is 0 Å². The number of benzene rings is 1. The van der Waals surface area contributed by atoms with Crippen LogP contribution in [0.5, 0.6) is 5.75 Å². The molecule has 0 atom stereocenters. The first-order chi connectivity index (χ1) is 10.1. The summed E-state index contributed by atoms with van der Waals surface area (Å²) in [6, 6.07) is 5.00. The minimum Gasteiger partial charge on any atom is -0.508 e. The van der Waals surface area contributed by atoms with Gasteiger partial charge in [0.2, 0.25) is 0 Å². The van der Waals surface area contributed by atoms with Crippen molar-refractivity contribution in [3.8, 4) is 5.75 Å². The van der Waals surface area contributed by atoms with Crippen molar-refractivity contribution in [1.29, 1.82) is 0 Å². The molecule has 2 heterocycles. The number of hydrogen-bond acceptors (Lipinski definition) is 4. The molecule has 3 rings (SSSR count). The van der Waals surface area contributed by atoms with E-state index in [1.54, 1.807) is 25.1 Å². The Bertz CT molecular complexity index is 697. The van der Waals surface area contributed by atoms with Crippen molar-refractivity contribution < 1.29 is 9.52 Å². The summed E-state index contributed by atoms with van der Waals surface area (Å²) in [6.07, 6.45) is 5.00. The van der Waals surface area contributed by atoms with E-state index in [2.05, 4.69) is 4.90 Å². The average Bonchev–Trinajstić information content (AvgIpc) is 2.69. The summed E-state index contributed by atoms with van der Waals surface area (Å²) in [7, 11) is 0. The number of phenolic OH excluding ortho intramolecular Hbond substituents is 1. The average molecular weight is 287 g/mol. The fourth-order valence-electron chi connectivity index (χ4n) is 3.03. The smallest absolute Gasteiger partial charge is 0.336 e. The Morgan fingerprint density at radius 3 is 2.57 bits per heavy atom. The number of aryl methyl sites for hydroxylation is 1. The topological polar surface area (TPSA) is 53.7 Å². The highest BCUT2D eigenvalue weighted by atomic mass is 16.4. The van der Waals surface area contributed by atoms with Crippen LogP contribution in [-0.2, 0) is 6.54 Å². The third-order valence-corrected chi connectivity index (χ3v) is 4.24. The van der Waals surface area contributed by atoms with Crippen LogP contribution in [0.4, 0.5) is 0 Å². The molecular formula is C17H21NO3. The van der Waals surface area contributed by atoms with Gasteiger partial charge in [0.25, 0.3) is 0 Å². The molecule has 0 aliphatic carbocycles. The molecular weight excluding hydrogens is 266 g/mol. The van der Waals surface area contributed by atoms with Crippen molar-refractivity contribution in [2.24, 2.45) is 0 Å². The lowest BCUT2D eigenvalue weighted by Gasteiger charge is -2.20. The standard InChI is InChI=1S/C17H21NO3/c1-12-8-16-14(10-15(12)19)13(9-17(20)21-16)11-18-6-4-2-3-5-7-18/h8-10,19H,2-7,11H2,1H3. The first kappa shape index (κ1) is 14.1. The maximum atomic E-state index is 11.8. The monoisotopic (exact) mass is 287 g/mol. The van der Waals surface area contributed by atoms with E-state index in [-0.39, 0.29) is 11.4 Å². The van der Waals surface area contributed by atoms with Gasteiger partial charge in [-0.15, -0.1) is 0 Å². The molecule has 21 heavy (non-hydrogen) atoms. The van der Waals surface area contributed by atoms with Gasteiger partial charge in [-0.05, 0) is 56.1 Å². The summed E-state index contributed by atoms with van der Waals surface area (Å²) in [6.45, 7) is 4.68. The van der Waals surface area contributed by atoms with Crippen molar-refractivity contribution in [1.82, 2.24) is 4.90 Å². The molecule has 0 amide bonds. The van der Waals surface area contributed by atoms with Gasteiger partial charge in [0.1, 0.15) is 11.3 Å². The van der Waals surface area contributed by atoms with Crippen LogP contribution in [0.2, 0.25) is 0 Å². The van der Waals surface area contributed by atoms with E-state index >= 15 is 0 Å². The molecule has 1 N–H and O–H groups in total. The highest BCUT2D eigenvalue weighted by molar-refractivity contribution is 5.82. The number of nitrogens with zero attached hydrogens (tertiary/aromatic N) is 1. The molecule has 0 spiro atoms. The zero-order valence-electron chi connectivity index (χ0n) is 12.4. The van der Waals surface area contributed by atoms with Crippen LogP contribution in [0.1, 0.15) is 36.8 Å². The molecule has 1 aliphatic heterocycles. The third-order valence-electron chi connectivity index (χ3n) is 4.24. The summed E-state index contributed by atoms with van der Waals surface area (Å²) >= 11 is 0. The molecule has 0 unspecified atom stereocenters. The molecule has 0 radical (unpaired) electrons. The van der Waals surface area contributed by atoms with Crippen LogP contribution >= 0.6 is 0 Å². The van der Waals surface area contributed by atoms with Crippen LogP contribution in [0.15, 0.2) is 27.4 Å². The first-order valence-electron chi connectivity index (χ1n) is 7.62. The SMILES string of the molecule is Cc1cc2oc(=O)cc(CN3CCCCCC3)c2cc1O. The predicted molar refractivity (Wildman–Crippen MR) is 82.6 cm³/mol. The summed E-state index contributed by atoms with van der Waals surface area (Å²) in [5, 5.41) is 10.8. The quantitative estimate of drug-likeness (QED) is 0.862. The maximum absolute atomic E-state index is 11.8. The second-order valence-electron chi connectivity index (χ2n) is 5.92. The van der Waals surface area contributed by atoms with Crippen LogP contribution in [0, 0.1) is 6.92 Å². The molecule has 4 heteroatoms. The Kier molecular flexibility index (Phi) is 3.97. The lowest BCUT2D eigenvalue weighted by Crippen LogP contribution is -2.24. The Labute approximate surface area is 124 Å². The second kappa shape index (κ2) is 5.90. The number of fused-ring (bicyclic) bond motifs is 1. The molecule has 1 aromatic carbocycles. The van der Waals surface area contributed by atoms with Crippen LogP contribution in [0.25, 0.3) is 11.0 Å². The van der Waals surface area contributed by atoms with E-state index in [0.29, 0.717) is 5.58 Å². The largest absolute Gasteiger partial charge is 0.508 e. The fourth-order valence-corrected chi connectivity index (χ4v) is 3.03. The third kappa shape index (κ3) is 3.10. The molecule has 112 valence electrons. The number of hydrogen-bond donors (Lipinski definition) is 1. The highest BCUT2D eigenvalue weighted by Crippen LogP contribution is 2.27. The van der Waals surface area contributed by atoms with Gasteiger partial charge in [-0.2, -0.15) is 0 Å². The first-order valence-corrected chi connectivity index (χ1v) is 7.62. The highest BCUT2D eigenvalue weighted by Gasteiger charge is 2.14. The fraction of sp³-hybridized carbons (Fsp3) is 0.471. The van der Waals surface area contributed by atoms with Gasteiger partial charge in [-0.3, -0.25) is 4.90 Å². The lowest BCUT2D eigenvalue weighted by atomic mass is 10.1. The number of likely N-dealkylation sites (tertiary alicyclic amines) is 1. The molecule has 4 nitrogen and oxygen atoms in total. The molecule has 0 saturated carbocycles. The number of aromatic hydroxyl groups is 1. The van der Waals surface area contributed by atoms with Gasteiger partial charge in [0.15, 0.2) is 0 Å². The summed E-state index contributed by atoms with van der Waals surface area (Å²) in [5.41, 5.74) is 1.90. The minimum absolute atomic E-state index is 0.244. The van der Waals surface area contributed by atoms with Gasteiger partial charge < -0.3 is 9.52 Å². The normalized spacial score (nSPS) is 17.0. The Morgan fingerprint density at radius 1 is 1.14 bits per heavy atom. The molecule has 1 aromatic heterocycles. The maximum Gasteiger partial charge on any atom is 0.336 e. The Hall–Kier alpha value is -1.81. The van der Waals surface area contributed by atoms with Crippen molar-refractivity contribution in [3.05, 3.63) is 39.7 Å². The van der Waals surface area contributed by atoms with E-state index in [9.17, 15) is 9.90 Å². The zero-order chi connectivity index (χ0) is 14.8. The lowest BCUT2D eigenvalue weighted by molar-refractivity contribution is 0.277. The number of phenols is 1. The van der Waals surface area contributed by atoms with Crippen LogP contribution < -0.4 is 5.63 Å². The van der Waals surface area contributed by atoms with Crippen molar-refractivity contribution >= 4 is 11.0 Å².